The highest BCUT2D eigenvalue weighted by molar-refractivity contribution is 7.92. The third-order valence-electron chi connectivity index (χ3n) is 4.00. The summed E-state index contributed by atoms with van der Waals surface area (Å²) in [7, 11) is -1.83. The molecule has 2 aromatic carbocycles. The molecule has 0 atom stereocenters. The van der Waals surface area contributed by atoms with Gasteiger partial charge < -0.3 is 9.42 Å². The first-order valence-corrected chi connectivity index (χ1v) is 10.3. The number of sulfonamides is 1. The quantitative estimate of drug-likeness (QED) is 0.682. The summed E-state index contributed by atoms with van der Waals surface area (Å²) in [5.74, 6) is 0.457. The molecule has 3 rings (SSSR count). The van der Waals surface area contributed by atoms with Gasteiger partial charge >= 0.3 is 0 Å². The lowest BCUT2D eigenvalue weighted by atomic mass is 10.1. The number of hydrogen-bond donors (Lipinski definition) is 1. The molecule has 0 bridgehead atoms. The standard InChI is InChI=1S/C19H20N4O4S/c1-13-9-10-15(11-16(13)22-28(3,25)26)19(24)23(2)12-17-20-18(21-27-17)14-7-5-4-6-8-14/h4-11,22H,12H2,1-3H3. The minimum atomic E-state index is -3.44. The highest BCUT2D eigenvalue weighted by Gasteiger charge is 2.17. The fourth-order valence-corrected chi connectivity index (χ4v) is 3.20. The molecule has 0 aliphatic carbocycles. The van der Waals surface area contributed by atoms with Crippen molar-refractivity contribution in [1.82, 2.24) is 15.0 Å². The second-order valence-electron chi connectivity index (χ2n) is 6.44. The van der Waals surface area contributed by atoms with Gasteiger partial charge in [-0.25, -0.2) is 8.42 Å². The predicted molar refractivity (Wildman–Crippen MR) is 105 cm³/mol. The lowest BCUT2D eigenvalue weighted by Gasteiger charge is -2.16. The molecule has 1 amide bonds. The summed E-state index contributed by atoms with van der Waals surface area (Å²) < 4.78 is 30.6. The Morgan fingerprint density at radius 1 is 1.18 bits per heavy atom. The Balaban J connectivity index is 1.75. The summed E-state index contributed by atoms with van der Waals surface area (Å²) >= 11 is 0. The molecule has 0 spiro atoms. The van der Waals surface area contributed by atoms with Crippen LogP contribution in [0, 0.1) is 6.92 Å². The van der Waals surface area contributed by atoms with Crippen molar-refractivity contribution in [1.29, 1.82) is 0 Å². The van der Waals surface area contributed by atoms with Gasteiger partial charge in [0.05, 0.1) is 18.5 Å². The van der Waals surface area contributed by atoms with Gasteiger partial charge in [0.25, 0.3) is 5.91 Å². The van der Waals surface area contributed by atoms with Crippen molar-refractivity contribution in [2.75, 3.05) is 18.0 Å². The van der Waals surface area contributed by atoms with Gasteiger partial charge in [-0.05, 0) is 24.6 Å². The maximum absolute atomic E-state index is 12.7. The maximum atomic E-state index is 12.7. The molecule has 1 aromatic heterocycles. The van der Waals surface area contributed by atoms with Crippen LogP contribution in [0.2, 0.25) is 0 Å². The van der Waals surface area contributed by atoms with E-state index in [0.717, 1.165) is 11.8 Å². The maximum Gasteiger partial charge on any atom is 0.254 e. The topological polar surface area (TPSA) is 105 Å². The van der Waals surface area contributed by atoms with Crippen molar-refractivity contribution in [3.63, 3.8) is 0 Å². The Morgan fingerprint density at radius 3 is 2.57 bits per heavy atom. The van der Waals surface area contributed by atoms with E-state index in [2.05, 4.69) is 14.9 Å². The van der Waals surface area contributed by atoms with Gasteiger partial charge in [0.2, 0.25) is 21.7 Å². The van der Waals surface area contributed by atoms with E-state index >= 15 is 0 Å². The molecule has 0 aliphatic heterocycles. The molecule has 0 saturated heterocycles. The second-order valence-corrected chi connectivity index (χ2v) is 8.19. The average Bonchev–Trinajstić information content (AvgIpc) is 3.11. The van der Waals surface area contributed by atoms with Crippen molar-refractivity contribution in [2.24, 2.45) is 0 Å². The van der Waals surface area contributed by atoms with Crippen molar-refractivity contribution < 1.29 is 17.7 Å². The Bertz CT molecular complexity index is 1090. The molecule has 1 heterocycles. The zero-order valence-electron chi connectivity index (χ0n) is 15.7. The number of nitrogens with one attached hydrogen (secondary N) is 1. The van der Waals surface area contributed by atoms with Gasteiger partial charge in [0.15, 0.2) is 0 Å². The van der Waals surface area contributed by atoms with Gasteiger partial charge in [0.1, 0.15) is 0 Å². The highest BCUT2D eigenvalue weighted by Crippen LogP contribution is 2.20. The summed E-state index contributed by atoms with van der Waals surface area (Å²) in [6.45, 7) is 1.89. The number of carbonyl (C=O) groups is 1. The van der Waals surface area contributed by atoms with Crippen molar-refractivity contribution >= 4 is 21.6 Å². The van der Waals surface area contributed by atoms with Crippen LogP contribution in [0.3, 0.4) is 0 Å². The van der Waals surface area contributed by atoms with Crippen LogP contribution in [0.25, 0.3) is 11.4 Å². The predicted octanol–water partition coefficient (Wildman–Crippen LogP) is 2.69. The first-order valence-electron chi connectivity index (χ1n) is 8.45. The van der Waals surface area contributed by atoms with Crippen molar-refractivity contribution in [3.05, 3.63) is 65.5 Å². The van der Waals surface area contributed by atoms with E-state index in [9.17, 15) is 13.2 Å². The first kappa shape index (κ1) is 19.6. The van der Waals surface area contributed by atoms with Crippen molar-refractivity contribution in [3.8, 4) is 11.4 Å². The largest absolute Gasteiger partial charge is 0.337 e. The van der Waals surface area contributed by atoms with Crippen LogP contribution in [-0.4, -0.2) is 42.7 Å². The van der Waals surface area contributed by atoms with Gasteiger partial charge in [-0.2, -0.15) is 4.98 Å². The molecule has 28 heavy (non-hydrogen) atoms. The number of aromatic nitrogens is 2. The number of rotatable bonds is 6. The van der Waals surface area contributed by atoms with Crippen LogP contribution in [0.15, 0.2) is 53.1 Å². The van der Waals surface area contributed by atoms with E-state index < -0.39 is 10.0 Å². The number of benzene rings is 2. The molecule has 0 saturated carbocycles. The highest BCUT2D eigenvalue weighted by atomic mass is 32.2. The molecular formula is C19H20N4O4S. The Morgan fingerprint density at radius 2 is 1.89 bits per heavy atom. The van der Waals surface area contributed by atoms with E-state index in [1.165, 1.54) is 11.0 Å². The summed E-state index contributed by atoms with van der Waals surface area (Å²) in [6.07, 6.45) is 1.06. The normalized spacial score (nSPS) is 11.2. The summed E-state index contributed by atoms with van der Waals surface area (Å²) in [4.78, 5) is 18.5. The van der Waals surface area contributed by atoms with E-state index in [1.54, 1.807) is 26.1 Å². The molecule has 8 nitrogen and oxygen atoms in total. The summed E-state index contributed by atoms with van der Waals surface area (Å²) in [5, 5.41) is 3.94. The monoisotopic (exact) mass is 400 g/mol. The fourth-order valence-electron chi connectivity index (χ4n) is 2.58. The third-order valence-corrected chi connectivity index (χ3v) is 4.59. The van der Waals surface area contributed by atoms with E-state index in [-0.39, 0.29) is 12.5 Å². The Hall–Kier alpha value is -3.20. The zero-order chi connectivity index (χ0) is 20.3. The molecule has 0 aliphatic rings. The summed E-state index contributed by atoms with van der Waals surface area (Å²) in [6, 6.07) is 14.2. The number of nitrogens with zero attached hydrogens (tertiary/aromatic N) is 3. The second kappa shape index (κ2) is 7.81. The lowest BCUT2D eigenvalue weighted by Crippen LogP contribution is -2.26. The fraction of sp³-hybridized carbons (Fsp3) is 0.211. The minimum absolute atomic E-state index is 0.126. The third kappa shape index (κ3) is 4.74. The lowest BCUT2D eigenvalue weighted by molar-refractivity contribution is 0.0769. The minimum Gasteiger partial charge on any atom is -0.337 e. The molecule has 1 N–H and O–H groups in total. The van der Waals surface area contributed by atoms with Gasteiger partial charge in [-0.1, -0.05) is 41.6 Å². The molecule has 0 radical (unpaired) electrons. The molecular weight excluding hydrogens is 380 g/mol. The number of hydrogen-bond acceptors (Lipinski definition) is 6. The zero-order valence-corrected chi connectivity index (χ0v) is 16.5. The van der Waals surface area contributed by atoms with Gasteiger partial charge in [-0.15, -0.1) is 0 Å². The van der Waals surface area contributed by atoms with Crippen LogP contribution in [0.4, 0.5) is 5.69 Å². The molecule has 0 unspecified atom stereocenters. The average molecular weight is 400 g/mol. The smallest absolute Gasteiger partial charge is 0.254 e. The van der Waals surface area contributed by atoms with Crippen LogP contribution in [-0.2, 0) is 16.6 Å². The van der Waals surface area contributed by atoms with Crippen molar-refractivity contribution in [2.45, 2.75) is 13.5 Å². The number of carbonyl (C=O) groups excluding carboxylic acids is 1. The van der Waals surface area contributed by atoms with E-state index in [0.29, 0.717) is 28.5 Å². The molecule has 0 fully saturated rings. The van der Waals surface area contributed by atoms with Crippen LogP contribution in [0.5, 0.6) is 0 Å². The molecule has 146 valence electrons. The van der Waals surface area contributed by atoms with Gasteiger partial charge in [-0.3, -0.25) is 9.52 Å². The number of amides is 1. The molecule has 3 aromatic rings. The molecule has 9 heteroatoms. The first-order chi connectivity index (χ1) is 13.2. The Kier molecular flexibility index (Phi) is 5.46. The number of anilines is 1. The Labute approximate surface area is 163 Å². The van der Waals surface area contributed by atoms with E-state index in [1.807, 2.05) is 30.3 Å². The summed E-state index contributed by atoms with van der Waals surface area (Å²) in [5.41, 5.74) is 2.25. The van der Waals surface area contributed by atoms with Crippen LogP contribution in [0.1, 0.15) is 21.8 Å². The number of aryl methyl sites for hydroxylation is 1. The van der Waals surface area contributed by atoms with Crippen LogP contribution < -0.4 is 4.72 Å². The van der Waals surface area contributed by atoms with E-state index in [4.69, 9.17) is 4.52 Å². The van der Waals surface area contributed by atoms with Gasteiger partial charge in [0, 0.05) is 18.2 Å². The SMILES string of the molecule is Cc1ccc(C(=O)N(C)Cc2nc(-c3ccccc3)no2)cc1NS(C)(=O)=O. The van der Waals surface area contributed by atoms with Crippen LogP contribution >= 0.6 is 0 Å².